The van der Waals surface area contributed by atoms with Crippen molar-refractivity contribution in [1.29, 1.82) is 0 Å². The molecule has 0 amide bonds. The highest BCUT2D eigenvalue weighted by Gasteiger charge is 2.16. The van der Waals surface area contributed by atoms with Gasteiger partial charge in [0.25, 0.3) is 0 Å². The molecule has 0 atom stereocenters. The zero-order valence-corrected chi connectivity index (χ0v) is 11.6. The Hall–Kier alpha value is -1.34. The van der Waals surface area contributed by atoms with E-state index in [1.807, 2.05) is 0 Å². The summed E-state index contributed by atoms with van der Waals surface area (Å²) >= 11 is 2.99. The lowest BCUT2D eigenvalue weighted by molar-refractivity contribution is 0.375. The maximum absolute atomic E-state index is 13.4. The van der Waals surface area contributed by atoms with Crippen LogP contribution in [0.15, 0.2) is 21.1 Å². The summed E-state index contributed by atoms with van der Waals surface area (Å²) in [5.74, 6) is -1.21. The van der Waals surface area contributed by atoms with E-state index in [2.05, 4.69) is 26.1 Å². The van der Waals surface area contributed by atoms with E-state index in [1.54, 1.807) is 0 Å². The summed E-state index contributed by atoms with van der Waals surface area (Å²) in [7, 11) is 0. The molecule has 0 aliphatic heterocycles. The molecule has 0 unspecified atom stereocenters. The molecular weight excluding hydrogens is 320 g/mol. The van der Waals surface area contributed by atoms with Gasteiger partial charge in [0.15, 0.2) is 11.6 Å². The topological polar surface area (TPSA) is 64.9 Å². The Morgan fingerprint density at radius 2 is 2.05 bits per heavy atom. The number of hydrogen-bond donors (Lipinski definition) is 1. The first-order valence-corrected chi connectivity index (χ1v) is 6.59. The fraction of sp³-hybridized carbons (Fsp3) is 0.333. The van der Waals surface area contributed by atoms with Crippen molar-refractivity contribution >= 4 is 15.9 Å². The Labute approximate surface area is 117 Å². The quantitative estimate of drug-likeness (QED) is 0.675. The standard InChI is InChI=1S/C12H12BrF2N3O/c13-10-7(4-5-8(14)11(10)15)12-17-9(19-18-12)3-1-2-6-16/h4-5H,1-3,6,16H2. The first kappa shape index (κ1) is 14.1. The second-order valence-electron chi connectivity index (χ2n) is 3.98. The molecule has 0 saturated heterocycles. The van der Waals surface area contributed by atoms with Gasteiger partial charge in [0, 0.05) is 12.0 Å². The molecular formula is C12H12BrF2N3O. The molecule has 0 fully saturated rings. The predicted octanol–water partition coefficient (Wildman–Crippen LogP) is 3.06. The van der Waals surface area contributed by atoms with E-state index >= 15 is 0 Å². The summed E-state index contributed by atoms with van der Waals surface area (Å²) in [6.07, 6.45) is 2.33. The molecule has 7 heteroatoms. The lowest BCUT2D eigenvalue weighted by Crippen LogP contribution is -1.99. The minimum absolute atomic E-state index is 0.0122. The highest BCUT2D eigenvalue weighted by Crippen LogP contribution is 2.30. The number of rotatable bonds is 5. The third kappa shape index (κ3) is 3.16. The van der Waals surface area contributed by atoms with Crippen LogP contribution in [-0.4, -0.2) is 16.7 Å². The van der Waals surface area contributed by atoms with E-state index < -0.39 is 11.6 Å². The van der Waals surface area contributed by atoms with Gasteiger partial charge >= 0.3 is 0 Å². The van der Waals surface area contributed by atoms with Crippen LogP contribution in [0.5, 0.6) is 0 Å². The molecule has 2 N–H and O–H groups in total. The maximum Gasteiger partial charge on any atom is 0.226 e. The van der Waals surface area contributed by atoms with Crippen molar-refractivity contribution in [3.05, 3.63) is 34.1 Å². The van der Waals surface area contributed by atoms with Crippen molar-refractivity contribution in [2.45, 2.75) is 19.3 Å². The van der Waals surface area contributed by atoms with E-state index in [1.165, 1.54) is 6.07 Å². The number of aromatic nitrogens is 2. The molecule has 4 nitrogen and oxygen atoms in total. The second-order valence-corrected chi connectivity index (χ2v) is 4.77. The number of nitrogens with two attached hydrogens (primary N) is 1. The molecule has 1 aromatic heterocycles. The highest BCUT2D eigenvalue weighted by molar-refractivity contribution is 9.10. The van der Waals surface area contributed by atoms with Gasteiger partial charge in [-0.15, -0.1) is 0 Å². The van der Waals surface area contributed by atoms with Gasteiger partial charge in [-0.3, -0.25) is 0 Å². The minimum atomic E-state index is -0.966. The summed E-state index contributed by atoms with van der Waals surface area (Å²) in [6, 6.07) is 2.43. The average Bonchev–Trinajstić information content (AvgIpc) is 2.85. The van der Waals surface area contributed by atoms with Crippen LogP contribution in [0.25, 0.3) is 11.4 Å². The molecule has 0 aliphatic carbocycles. The number of hydrogen-bond acceptors (Lipinski definition) is 4. The summed E-state index contributed by atoms with van der Waals surface area (Å²) in [5.41, 5.74) is 5.74. The molecule has 0 aliphatic rings. The molecule has 0 spiro atoms. The Balaban J connectivity index is 2.21. The van der Waals surface area contributed by atoms with Crippen molar-refractivity contribution in [1.82, 2.24) is 10.1 Å². The molecule has 1 aromatic carbocycles. The molecule has 2 rings (SSSR count). The zero-order valence-electron chi connectivity index (χ0n) is 10.00. The third-order valence-electron chi connectivity index (χ3n) is 2.59. The van der Waals surface area contributed by atoms with Gasteiger partial charge in [0.1, 0.15) is 0 Å². The van der Waals surface area contributed by atoms with Crippen molar-refractivity contribution in [2.75, 3.05) is 6.54 Å². The monoisotopic (exact) mass is 331 g/mol. The van der Waals surface area contributed by atoms with E-state index in [0.29, 0.717) is 24.4 Å². The van der Waals surface area contributed by atoms with Gasteiger partial charge in [0.2, 0.25) is 11.7 Å². The summed E-state index contributed by atoms with van der Waals surface area (Å²) < 4.78 is 31.5. The van der Waals surface area contributed by atoms with Gasteiger partial charge in [-0.1, -0.05) is 5.16 Å². The molecule has 0 bridgehead atoms. The summed E-state index contributed by atoms with van der Waals surface area (Å²) in [6.45, 7) is 0.607. The summed E-state index contributed by atoms with van der Waals surface area (Å²) in [5, 5.41) is 3.76. The lowest BCUT2D eigenvalue weighted by Gasteiger charge is -2.01. The number of nitrogens with zero attached hydrogens (tertiary/aromatic N) is 2. The second kappa shape index (κ2) is 6.21. The minimum Gasteiger partial charge on any atom is -0.339 e. The number of halogens is 3. The van der Waals surface area contributed by atoms with Gasteiger partial charge in [-0.05, 0) is 47.4 Å². The Morgan fingerprint density at radius 1 is 1.26 bits per heavy atom. The first-order valence-electron chi connectivity index (χ1n) is 5.80. The van der Waals surface area contributed by atoms with Gasteiger partial charge in [0.05, 0.1) is 4.47 Å². The van der Waals surface area contributed by atoms with Crippen LogP contribution < -0.4 is 5.73 Å². The first-order chi connectivity index (χ1) is 9.13. The van der Waals surface area contributed by atoms with E-state index in [4.69, 9.17) is 10.3 Å². The molecule has 0 saturated carbocycles. The maximum atomic E-state index is 13.4. The molecule has 0 radical (unpaired) electrons. The Bertz CT molecular complexity index is 574. The van der Waals surface area contributed by atoms with Gasteiger partial charge < -0.3 is 10.3 Å². The van der Waals surface area contributed by atoms with Gasteiger partial charge in [-0.2, -0.15) is 4.98 Å². The molecule has 1 heterocycles. The zero-order chi connectivity index (χ0) is 13.8. The van der Waals surface area contributed by atoms with Crippen LogP contribution in [0.1, 0.15) is 18.7 Å². The lowest BCUT2D eigenvalue weighted by atomic mass is 10.2. The fourth-order valence-electron chi connectivity index (χ4n) is 1.58. The molecule has 19 heavy (non-hydrogen) atoms. The Morgan fingerprint density at radius 3 is 2.79 bits per heavy atom. The third-order valence-corrected chi connectivity index (χ3v) is 3.36. The predicted molar refractivity (Wildman–Crippen MR) is 69.3 cm³/mol. The van der Waals surface area contributed by atoms with E-state index in [0.717, 1.165) is 18.9 Å². The van der Waals surface area contributed by atoms with Crippen molar-refractivity contribution in [3.63, 3.8) is 0 Å². The summed E-state index contributed by atoms with van der Waals surface area (Å²) in [4.78, 5) is 4.15. The highest BCUT2D eigenvalue weighted by atomic mass is 79.9. The van der Waals surface area contributed by atoms with Crippen LogP contribution in [0, 0.1) is 11.6 Å². The molecule has 102 valence electrons. The van der Waals surface area contributed by atoms with Crippen molar-refractivity contribution < 1.29 is 13.3 Å². The van der Waals surface area contributed by atoms with Crippen LogP contribution in [0.4, 0.5) is 8.78 Å². The van der Waals surface area contributed by atoms with E-state index in [-0.39, 0.29) is 10.3 Å². The fourth-order valence-corrected chi connectivity index (χ4v) is 2.08. The molecule has 2 aromatic rings. The van der Waals surface area contributed by atoms with Crippen LogP contribution in [-0.2, 0) is 6.42 Å². The van der Waals surface area contributed by atoms with E-state index in [9.17, 15) is 8.78 Å². The van der Waals surface area contributed by atoms with Crippen molar-refractivity contribution in [3.8, 4) is 11.4 Å². The smallest absolute Gasteiger partial charge is 0.226 e. The Kier molecular flexibility index (Phi) is 4.60. The largest absolute Gasteiger partial charge is 0.339 e. The van der Waals surface area contributed by atoms with Gasteiger partial charge in [-0.25, -0.2) is 8.78 Å². The van der Waals surface area contributed by atoms with Crippen LogP contribution >= 0.6 is 15.9 Å². The number of benzene rings is 1. The normalized spacial score (nSPS) is 10.9. The average molecular weight is 332 g/mol. The number of aryl methyl sites for hydroxylation is 1. The SMILES string of the molecule is NCCCCc1nc(-c2ccc(F)c(F)c2Br)no1. The van der Waals surface area contributed by atoms with Crippen LogP contribution in [0.2, 0.25) is 0 Å². The van der Waals surface area contributed by atoms with Crippen molar-refractivity contribution in [2.24, 2.45) is 5.73 Å². The van der Waals surface area contributed by atoms with Crippen LogP contribution in [0.3, 0.4) is 0 Å². The number of unbranched alkanes of at least 4 members (excludes halogenated alkanes) is 1.